The van der Waals surface area contributed by atoms with E-state index in [9.17, 15) is 4.79 Å². The van der Waals surface area contributed by atoms with E-state index in [1.165, 1.54) is 18.7 Å². The Morgan fingerprint density at radius 3 is 2.85 bits per heavy atom. The standard InChI is InChI=1S/C29H26N8O2/c1-4-27(38)36-11-9-20(14-19(36)3)23-6-7-24-28(35-23)29(32-16-30-24)34-21-5-8-25(18(2)13-21)39-22-10-12-37-26(15-22)31-17-33-37/h4-10,12-13,15-17,19H,1,11,14H2,2-3H3,(H,30,32,34). The van der Waals surface area contributed by atoms with Gasteiger partial charge in [-0.1, -0.05) is 12.7 Å². The van der Waals surface area contributed by atoms with Crippen molar-refractivity contribution in [3.8, 4) is 11.5 Å². The lowest BCUT2D eigenvalue weighted by Crippen LogP contribution is -2.40. The number of amides is 1. The fourth-order valence-corrected chi connectivity index (χ4v) is 4.71. The summed E-state index contributed by atoms with van der Waals surface area (Å²) in [4.78, 5) is 31.9. The predicted octanol–water partition coefficient (Wildman–Crippen LogP) is 5.10. The molecule has 1 N–H and O–H groups in total. The number of benzene rings is 1. The van der Waals surface area contributed by atoms with E-state index in [0.29, 0.717) is 35.7 Å². The van der Waals surface area contributed by atoms with E-state index < -0.39 is 0 Å². The molecule has 5 heterocycles. The Kier molecular flexibility index (Phi) is 6.20. The van der Waals surface area contributed by atoms with Crippen LogP contribution in [0, 0.1) is 6.92 Å². The average molecular weight is 519 g/mol. The van der Waals surface area contributed by atoms with Crippen molar-refractivity contribution in [3.63, 3.8) is 0 Å². The van der Waals surface area contributed by atoms with Crippen molar-refractivity contribution >= 4 is 39.7 Å². The summed E-state index contributed by atoms with van der Waals surface area (Å²) in [7, 11) is 0. The first-order valence-electron chi connectivity index (χ1n) is 12.6. The third kappa shape index (κ3) is 4.79. The number of aromatic nitrogens is 6. The zero-order chi connectivity index (χ0) is 26.9. The Morgan fingerprint density at radius 2 is 2.03 bits per heavy atom. The molecule has 1 aliphatic rings. The van der Waals surface area contributed by atoms with Gasteiger partial charge in [-0.3, -0.25) is 4.79 Å². The second-order valence-corrected chi connectivity index (χ2v) is 9.40. The van der Waals surface area contributed by atoms with E-state index in [1.54, 1.807) is 9.42 Å². The topological polar surface area (TPSA) is 110 Å². The van der Waals surface area contributed by atoms with Crippen LogP contribution < -0.4 is 10.1 Å². The molecule has 39 heavy (non-hydrogen) atoms. The number of carbonyl (C=O) groups excluding carboxylic acids is 1. The van der Waals surface area contributed by atoms with Crippen LogP contribution in [0.3, 0.4) is 0 Å². The second kappa shape index (κ2) is 9.97. The van der Waals surface area contributed by atoms with Crippen molar-refractivity contribution < 1.29 is 9.53 Å². The zero-order valence-electron chi connectivity index (χ0n) is 21.6. The van der Waals surface area contributed by atoms with Crippen LogP contribution >= 0.6 is 0 Å². The van der Waals surface area contributed by atoms with Crippen LogP contribution in [0.5, 0.6) is 11.5 Å². The molecule has 5 aromatic rings. The molecule has 10 nitrogen and oxygen atoms in total. The number of nitrogens with zero attached hydrogens (tertiary/aromatic N) is 7. The fourth-order valence-electron chi connectivity index (χ4n) is 4.71. The molecule has 0 saturated heterocycles. The lowest BCUT2D eigenvalue weighted by atomic mass is 9.98. The van der Waals surface area contributed by atoms with Crippen LogP contribution in [0.2, 0.25) is 0 Å². The molecule has 0 aliphatic carbocycles. The van der Waals surface area contributed by atoms with Gasteiger partial charge in [-0.05, 0) is 73.9 Å². The molecule has 0 fully saturated rings. The Labute approximate surface area is 224 Å². The first-order valence-corrected chi connectivity index (χ1v) is 12.6. The number of nitrogens with one attached hydrogen (secondary N) is 1. The predicted molar refractivity (Wildman–Crippen MR) is 149 cm³/mol. The number of ether oxygens (including phenoxy) is 1. The van der Waals surface area contributed by atoms with Crippen molar-refractivity contribution in [1.82, 2.24) is 34.4 Å². The number of rotatable bonds is 6. The van der Waals surface area contributed by atoms with Gasteiger partial charge in [-0.25, -0.2) is 24.5 Å². The number of hydrogen-bond acceptors (Lipinski definition) is 8. The summed E-state index contributed by atoms with van der Waals surface area (Å²) in [6, 6.07) is 13.5. The summed E-state index contributed by atoms with van der Waals surface area (Å²) in [5, 5.41) is 7.50. The van der Waals surface area contributed by atoms with Crippen LogP contribution in [0.1, 0.15) is 24.6 Å². The normalized spacial score (nSPS) is 15.3. The highest BCUT2D eigenvalue weighted by Crippen LogP contribution is 2.31. The first kappa shape index (κ1) is 24.2. The monoisotopic (exact) mass is 518 g/mol. The van der Waals surface area contributed by atoms with Gasteiger partial charge in [0.05, 0.1) is 11.2 Å². The number of aryl methyl sites for hydroxylation is 1. The Balaban J connectivity index is 1.24. The Hall–Kier alpha value is -5.12. The molecule has 1 aliphatic heterocycles. The molecule has 4 aromatic heterocycles. The van der Waals surface area contributed by atoms with Crippen LogP contribution in [0.4, 0.5) is 11.5 Å². The van der Waals surface area contributed by atoms with Gasteiger partial charge >= 0.3 is 0 Å². The second-order valence-electron chi connectivity index (χ2n) is 9.40. The van der Waals surface area contributed by atoms with Gasteiger partial charge in [0.15, 0.2) is 11.5 Å². The quantitative estimate of drug-likeness (QED) is 0.309. The molecule has 0 saturated carbocycles. The van der Waals surface area contributed by atoms with Crippen LogP contribution in [0.15, 0.2) is 80.0 Å². The molecule has 6 rings (SSSR count). The van der Waals surface area contributed by atoms with Crippen LogP contribution in [-0.2, 0) is 4.79 Å². The zero-order valence-corrected chi connectivity index (χ0v) is 21.6. The maximum absolute atomic E-state index is 12.1. The molecular formula is C29H26N8O2. The molecule has 1 unspecified atom stereocenters. The average Bonchev–Trinajstić information content (AvgIpc) is 3.42. The van der Waals surface area contributed by atoms with Crippen molar-refractivity contribution in [2.24, 2.45) is 0 Å². The molecule has 0 bridgehead atoms. The Morgan fingerprint density at radius 1 is 1.13 bits per heavy atom. The summed E-state index contributed by atoms with van der Waals surface area (Å²) in [6.07, 6.45) is 8.96. The molecule has 0 radical (unpaired) electrons. The maximum Gasteiger partial charge on any atom is 0.246 e. The Bertz CT molecular complexity index is 1760. The molecule has 1 amide bonds. The summed E-state index contributed by atoms with van der Waals surface area (Å²) in [5.41, 5.74) is 5.87. The molecular weight excluding hydrogens is 492 g/mol. The minimum atomic E-state index is -0.0627. The minimum Gasteiger partial charge on any atom is -0.457 e. The van der Waals surface area contributed by atoms with E-state index in [2.05, 4.69) is 38.0 Å². The van der Waals surface area contributed by atoms with Gasteiger partial charge in [-0.2, -0.15) is 5.10 Å². The van der Waals surface area contributed by atoms with Gasteiger partial charge in [0, 0.05) is 30.5 Å². The van der Waals surface area contributed by atoms with Gasteiger partial charge < -0.3 is 15.0 Å². The summed E-state index contributed by atoms with van der Waals surface area (Å²) in [6.45, 7) is 8.15. The third-order valence-corrected chi connectivity index (χ3v) is 6.77. The molecule has 10 heteroatoms. The van der Waals surface area contributed by atoms with Crippen LogP contribution in [-0.4, -0.2) is 52.9 Å². The van der Waals surface area contributed by atoms with Gasteiger partial charge in [0.25, 0.3) is 0 Å². The smallest absolute Gasteiger partial charge is 0.246 e. The molecule has 1 aromatic carbocycles. The van der Waals surface area contributed by atoms with E-state index in [4.69, 9.17) is 9.72 Å². The van der Waals surface area contributed by atoms with Crippen molar-refractivity contribution in [2.75, 3.05) is 11.9 Å². The van der Waals surface area contributed by atoms with Gasteiger partial charge in [0.2, 0.25) is 5.91 Å². The fraction of sp³-hybridized carbons (Fsp3) is 0.172. The van der Waals surface area contributed by atoms with E-state index in [-0.39, 0.29) is 11.9 Å². The summed E-state index contributed by atoms with van der Waals surface area (Å²) in [5.74, 6) is 1.97. The summed E-state index contributed by atoms with van der Waals surface area (Å²) >= 11 is 0. The van der Waals surface area contributed by atoms with Crippen molar-refractivity contribution in [1.29, 1.82) is 0 Å². The number of carbonyl (C=O) groups is 1. The lowest BCUT2D eigenvalue weighted by molar-refractivity contribution is -0.127. The maximum atomic E-state index is 12.1. The highest BCUT2D eigenvalue weighted by atomic mass is 16.5. The van der Waals surface area contributed by atoms with Gasteiger partial charge in [0.1, 0.15) is 29.7 Å². The summed E-state index contributed by atoms with van der Waals surface area (Å²) < 4.78 is 7.78. The highest BCUT2D eigenvalue weighted by molar-refractivity contribution is 5.90. The molecule has 194 valence electrons. The molecule has 0 spiro atoms. The number of pyridine rings is 2. The highest BCUT2D eigenvalue weighted by Gasteiger charge is 2.24. The number of hydrogen-bond donors (Lipinski definition) is 1. The van der Waals surface area contributed by atoms with Crippen molar-refractivity contribution in [3.05, 3.63) is 91.3 Å². The molecule has 1 atom stereocenters. The minimum absolute atomic E-state index is 0.0552. The lowest BCUT2D eigenvalue weighted by Gasteiger charge is -2.32. The largest absolute Gasteiger partial charge is 0.457 e. The van der Waals surface area contributed by atoms with Gasteiger partial charge in [-0.15, -0.1) is 0 Å². The van der Waals surface area contributed by atoms with Crippen molar-refractivity contribution in [2.45, 2.75) is 26.3 Å². The first-order chi connectivity index (χ1) is 19.0. The third-order valence-electron chi connectivity index (χ3n) is 6.77. The number of fused-ring (bicyclic) bond motifs is 2. The van der Waals surface area contributed by atoms with E-state index in [1.807, 2.05) is 62.5 Å². The number of anilines is 2. The SMILES string of the molecule is C=CC(=O)N1CC=C(c2ccc3ncnc(Nc4ccc(Oc5ccn6ncnc6c5)c(C)c4)c3n2)CC1C. The van der Waals surface area contributed by atoms with E-state index in [0.717, 1.165) is 33.8 Å². The van der Waals surface area contributed by atoms with Crippen LogP contribution in [0.25, 0.3) is 22.3 Å². The van der Waals surface area contributed by atoms with E-state index >= 15 is 0 Å².